The number of esters is 1. The monoisotopic (exact) mass is 408 g/mol. The summed E-state index contributed by atoms with van der Waals surface area (Å²) in [6, 6.07) is 14.9. The van der Waals surface area contributed by atoms with Crippen LogP contribution in [0.3, 0.4) is 0 Å². The number of ether oxygens (including phenoxy) is 1. The van der Waals surface area contributed by atoms with E-state index in [9.17, 15) is 14.4 Å². The summed E-state index contributed by atoms with van der Waals surface area (Å²) in [5, 5.41) is 2.73. The van der Waals surface area contributed by atoms with Crippen LogP contribution in [0.4, 0.5) is 11.4 Å². The Morgan fingerprint density at radius 2 is 1.70 bits per heavy atom. The van der Waals surface area contributed by atoms with Gasteiger partial charge in [-0.3, -0.25) is 14.4 Å². The molecule has 2 aromatic carbocycles. The first-order valence-electron chi connectivity index (χ1n) is 10.2. The summed E-state index contributed by atoms with van der Waals surface area (Å²) < 4.78 is 5.09. The second-order valence-electron chi connectivity index (χ2n) is 8.53. The molecule has 0 spiro atoms. The highest BCUT2D eigenvalue weighted by Crippen LogP contribution is 2.24. The number of benzene rings is 2. The number of anilines is 2. The van der Waals surface area contributed by atoms with Gasteiger partial charge in [0.15, 0.2) is 6.61 Å². The highest BCUT2D eigenvalue weighted by Gasteiger charge is 2.21. The van der Waals surface area contributed by atoms with Gasteiger partial charge in [-0.05, 0) is 47.2 Å². The summed E-state index contributed by atoms with van der Waals surface area (Å²) in [4.78, 5) is 37.6. The van der Waals surface area contributed by atoms with Crippen LogP contribution in [-0.4, -0.2) is 30.9 Å². The lowest BCUT2D eigenvalue weighted by molar-refractivity contribution is -0.146. The number of hydrogen-bond acceptors (Lipinski definition) is 4. The van der Waals surface area contributed by atoms with Crippen molar-refractivity contribution in [2.75, 3.05) is 23.4 Å². The molecular formula is C24H28N2O4. The molecule has 0 saturated carbocycles. The van der Waals surface area contributed by atoms with E-state index in [0.29, 0.717) is 12.1 Å². The summed E-state index contributed by atoms with van der Waals surface area (Å²) >= 11 is 0. The van der Waals surface area contributed by atoms with Crippen molar-refractivity contribution in [3.05, 3.63) is 59.7 Å². The largest absolute Gasteiger partial charge is 0.455 e. The van der Waals surface area contributed by atoms with Crippen LogP contribution in [0, 0.1) is 0 Å². The molecule has 1 N–H and O–H groups in total. The standard InChI is InChI=1S/C24H28N2O4/c1-24(2,3)18-8-10-19(11-9-18)25-21(27)16-30-23(29)15-17-6-12-20(13-7-17)26-14-4-5-22(26)28/h6-13H,4-5,14-16H2,1-3H3,(H,25,27). The summed E-state index contributed by atoms with van der Waals surface area (Å²) in [5.41, 5.74) is 3.49. The summed E-state index contributed by atoms with van der Waals surface area (Å²) in [6.07, 6.45) is 1.52. The number of carbonyl (C=O) groups excluding carboxylic acids is 3. The van der Waals surface area contributed by atoms with E-state index in [-0.39, 0.29) is 30.3 Å². The summed E-state index contributed by atoms with van der Waals surface area (Å²) in [7, 11) is 0. The molecule has 1 fully saturated rings. The molecule has 0 unspecified atom stereocenters. The average Bonchev–Trinajstić information content (AvgIpc) is 3.13. The molecule has 1 heterocycles. The zero-order chi connectivity index (χ0) is 21.7. The summed E-state index contributed by atoms with van der Waals surface area (Å²) in [6.45, 7) is 6.77. The second-order valence-corrected chi connectivity index (χ2v) is 8.53. The van der Waals surface area contributed by atoms with Gasteiger partial charge < -0.3 is 15.0 Å². The fourth-order valence-electron chi connectivity index (χ4n) is 3.33. The highest BCUT2D eigenvalue weighted by molar-refractivity contribution is 5.95. The van der Waals surface area contributed by atoms with E-state index < -0.39 is 5.97 Å². The van der Waals surface area contributed by atoms with Crippen LogP contribution < -0.4 is 10.2 Å². The molecule has 2 amide bonds. The zero-order valence-electron chi connectivity index (χ0n) is 17.7. The predicted molar refractivity (Wildman–Crippen MR) is 116 cm³/mol. The van der Waals surface area contributed by atoms with Gasteiger partial charge in [0.05, 0.1) is 6.42 Å². The summed E-state index contributed by atoms with van der Waals surface area (Å²) in [5.74, 6) is -0.728. The molecule has 0 aromatic heterocycles. The molecule has 6 heteroatoms. The van der Waals surface area contributed by atoms with Gasteiger partial charge >= 0.3 is 5.97 Å². The Labute approximate surface area is 177 Å². The highest BCUT2D eigenvalue weighted by atomic mass is 16.5. The molecule has 30 heavy (non-hydrogen) atoms. The van der Waals surface area contributed by atoms with Gasteiger partial charge in [0.2, 0.25) is 5.91 Å². The maximum absolute atomic E-state index is 12.1. The molecule has 1 saturated heterocycles. The van der Waals surface area contributed by atoms with Gasteiger partial charge in [-0.15, -0.1) is 0 Å². The Balaban J connectivity index is 1.45. The van der Waals surface area contributed by atoms with Crippen LogP contribution >= 0.6 is 0 Å². The minimum Gasteiger partial charge on any atom is -0.455 e. The van der Waals surface area contributed by atoms with E-state index in [1.165, 1.54) is 5.56 Å². The van der Waals surface area contributed by atoms with Crippen molar-refractivity contribution in [3.63, 3.8) is 0 Å². The van der Waals surface area contributed by atoms with Crippen molar-refractivity contribution in [3.8, 4) is 0 Å². The van der Waals surface area contributed by atoms with Gasteiger partial charge in [0, 0.05) is 24.3 Å². The van der Waals surface area contributed by atoms with Crippen molar-refractivity contribution < 1.29 is 19.1 Å². The molecule has 0 atom stereocenters. The van der Waals surface area contributed by atoms with E-state index in [1.807, 2.05) is 36.4 Å². The average molecular weight is 408 g/mol. The zero-order valence-corrected chi connectivity index (χ0v) is 17.7. The van der Waals surface area contributed by atoms with Crippen LogP contribution in [0.5, 0.6) is 0 Å². The molecule has 1 aliphatic rings. The molecule has 1 aliphatic heterocycles. The Hall–Kier alpha value is -3.15. The predicted octanol–water partition coefficient (Wildman–Crippen LogP) is 3.84. The molecule has 3 rings (SSSR count). The van der Waals surface area contributed by atoms with E-state index in [1.54, 1.807) is 17.0 Å². The van der Waals surface area contributed by atoms with Crippen LogP contribution in [0.15, 0.2) is 48.5 Å². The quantitative estimate of drug-likeness (QED) is 0.737. The third-order valence-electron chi connectivity index (χ3n) is 5.07. The maximum atomic E-state index is 12.1. The van der Waals surface area contributed by atoms with Crippen molar-refractivity contribution in [1.82, 2.24) is 0 Å². The van der Waals surface area contributed by atoms with Crippen LogP contribution in [0.2, 0.25) is 0 Å². The van der Waals surface area contributed by atoms with Crippen molar-refractivity contribution in [1.29, 1.82) is 0 Å². The fourth-order valence-corrected chi connectivity index (χ4v) is 3.33. The number of rotatable bonds is 6. The van der Waals surface area contributed by atoms with Gasteiger partial charge in [0.25, 0.3) is 5.91 Å². The lowest BCUT2D eigenvalue weighted by Gasteiger charge is -2.19. The first kappa shape index (κ1) is 21.6. The Morgan fingerprint density at radius 3 is 2.27 bits per heavy atom. The number of nitrogens with one attached hydrogen (secondary N) is 1. The van der Waals surface area contributed by atoms with Gasteiger partial charge in [0.1, 0.15) is 0 Å². The van der Waals surface area contributed by atoms with Crippen LogP contribution in [-0.2, 0) is 31.0 Å². The molecule has 0 bridgehead atoms. The smallest absolute Gasteiger partial charge is 0.310 e. The van der Waals surface area contributed by atoms with Crippen molar-refractivity contribution >= 4 is 29.2 Å². The topological polar surface area (TPSA) is 75.7 Å². The normalized spacial score (nSPS) is 14.0. The Morgan fingerprint density at radius 1 is 1.03 bits per heavy atom. The molecule has 6 nitrogen and oxygen atoms in total. The third-order valence-corrected chi connectivity index (χ3v) is 5.07. The van der Waals surface area contributed by atoms with Crippen LogP contribution in [0.1, 0.15) is 44.7 Å². The number of carbonyl (C=O) groups is 3. The molecule has 0 radical (unpaired) electrons. The van der Waals surface area contributed by atoms with Crippen LogP contribution in [0.25, 0.3) is 0 Å². The van der Waals surface area contributed by atoms with Crippen molar-refractivity contribution in [2.45, 2.75) is 45.4 Å². The molecule has 2 aromatic rings. The Bertz CT molecular complexity index is 912. The number of hydrogen-bond donors (Lipinski definition) is 1. The minimum absolute atomic E-state index is 0.0419. The van der Waals surface area contributed by atoms with E-state index in [0.717, 1.165) is 24.2 Å². The Kier molecular flexibility index (Phi) is 6.55. The van der Waals surface area contributed by atoms with E-state index in [2.05, 4.69) is 26.1 Å². The van der Waals surface area contributed by atoms with Gasteiger partial charge in [-0.2, -0.15) is 0 Å². The first-order valence-corrected chi connectivity index (χ1v) is 10.2. The SMILES string of the molecule is CC(C)(C)c1ccc(NC(=O)COC(=O)Cc2ccc(N3CCCC3=O)cc2)cc1. The van der Waals surface area contributed by atoms with Gasteiger partial charge in [-0.25, -0.2) is 0 Å². The van der Waals surface area contributed by atoms with E-state index in [4.69, 9.17) is 4.74 Å². The maximum Gasteiger partial charge on any atom is 0.310 e. The van der Waals surface area contributed by atoms with Crippen molar-refractivity contribution in [2.24, 2.45) is 0 Å². The third kappa shape index (κ3) is 5.69. The lowest BCUT2D eigenvalue weighted by Crippen LogP contribution is -2.23. The fraction of sp³-hybridized carbons (Fsp3) is 0.375. The first-order chi connectivity index (χ1) is 14.2. The molecule has 158 valence electrons. The number of amides is 2. The molecule has 0 aliphatic carbocycles. The second kappa shape index (κ2) is 9.11. The molecular weight excluding hydrogens is 380 g/mol. The minimum atomic E-state index is -0.474. The lowest BCUT2D eigenvalue weighted by atomic mass is 9.87. The van der Waals surface area contributed by atoms with E-state index >= 15 is 0 Å². The van der Waals surface area contributed by atoms with Gasteiger partial charge in [-0.1, -0.05) is 45.0 Å². The number of nitrogens with zero attached hydrogens (tertiary/aromatic N) is 1.